The van der Waals surface area contributed by atoms with E-state index in [2.05, 4.69) is 27.0 Å². The summed E-state index contributed by atoms with van der Waals surface area (Å²) in [5.74, 6) is 2.73. The Morgan fingerprint density at radius 1 is 1.25 bits per heavy atom. The predicted molar refractivity (Wildman–Crippen MR) is 62.3 cm³/mol. The van der Waals surface area contributed by atoms with Gasteiger partial charge in [-0.3, -0.25) is 0 Å². The largest absolute Gasteiger partial charge is 0.314 e. The van der Waals surface area contributed by atoms with Crippen LogP contribution in [0.2, 0.25) is 0 Å². The average Bonchev–Trinajstić information content (AvgIpc) is 2.93. The van der Waals surface area contributed by atoms with Gasteiger partial charge >= 0.3 is 0 Å². The van der Waals surface area contributed by atoms with Gasteiger partial charge in [0.15, 0.2) is 0 Å². The van der Waals surface area contributed by atoms with Gasteiger partial charge in [-0.15, -0.1) is 0 Å². The highest BCUT2D eigenvalue weighted by atomic mass is 15.4. The van der Waals surface area contributed by atoms with Crippen LogP contribution < -0.4 is 5.32 Å². The van der Waals surface area contributed by atoms with E-state index in [9.17, 15) is 0 Å². The highest BCUT2D eigenvalue weighted by Gasteiger charge is 2.35. The van der Waals surface area contributed by atoms with E-state index in [4.69, 9.17) is 0 Å². The van der Waals surface area contributed by atoms with Crippen LogP contribution in [0, 0.1) is 19.8 Å². The van der Waals surface area contributed by atoms with Gasteiger partial charge in [-0.25, -0.2) is 9.67 Å². The monoisotopic (exact) mass is 220 g/mol. The summed E-state index contributed by atoms with van der Waals surface area (Å²) in [5, 5.41) is 8.13. The van der Waals surface area contributed by atoms with E-state index in [0.29, 0.717) is 6.04 Å². The average molecular weight is 220 g/mol. The van der Waals surface area contributed by atoms with Crippen LogP contribution in [0.1, 0.15) is 43.4 Å². The molecule has 1 aromatic heterocycles. The number of rotatable bonds is 4. The minimum Gasteiger partial charge on any atom is -0.314 e. The first kappa shape index (κ1) is 10.3. The fraction of sp³-hybridized carbons (Fsp3) is 0.833. The van der Waals surface area contributed by atoms with Crippen molar-refractivity contribution in [2.45, 2.75) is 51.6 Å². The highest BCUT2D eigenvalue weighted by molar-refractivity contribution is 4.96. The molecule has 88 valence electrons. The van der Waals surface area contributed by atoms with Crippen molar-refractivity contribution in [2.24, 2.45) is 5.92 Å². The van der Waals surface area contributed by atoms with E-state index < -0.39 is 0 Å². The second-order valence-electron chi connectivity index (χ2n) is 5.24. The lowest BCUT2D eigenvalue weighted by Crippen LogP contribution is -2.38. The molecular formula is C12H20N4. The van der Waals surface area contributed by atoms with Gasteiger partial charge in [0.2, 0.25) is 0 Å². The summed E-state index contributed by atoms with van der Waals surface area (Å²) in [5.41, 5.74) is 0. The van der Waals surface area contributed by atoms with Gasteiger partial charge in [-0.2, -0.15) is 5.10 Å². The zero-order valence-electron chi connectivity index (χ0n) is 10.1. The van der Waals surface area contributed by atoms with Crippen LogP contribution in [0.5, 0.6) is 0 Å². The summed E-state index contributed by atoms with van der Waals surface area (Å²) in [6.45, 7) is 5.19. The molecule has 0 saturated heterocycles. The van der Waals surface area contributed by atoms with Gasteiger partial charge in [0.05, 0.1) is 6.04 Å². The Morgan fingerprint density at radius 3 is 2.56 bits per heavy atom. The third-order valence-corrected chi connectivity index (χ3v) is 3.85. The maximum Gasteiger partial charge on any atom is 0.147 e. The Kier molecular flexibility index (Phi) is 2.46. The summed E-state index contributed by atoms with van der Waals surface area (Å²) < 4.78 is 2.14. The zero-order valence-corrected chi connectivity index (χ0v) is 10.1. The quantitative estimate of drug-likeness (QED) is 0.838. The molecule has 0 bridgehead atoms. The molecular weight excluding hydrogens is 200 g/mol. The summed E-state index contributed by atoms with van der Waals surface area (Å²) in [6.07, 6.45) is 5.35. The lowest BCUT2D eigenvalue weighted by Gasteiger charge is -2.37. The summed E-state index contributed by atoms with van der Waals surface area (Å²) in [6, 6.07) is 1.41. The fourth-order valence-corrected chi connectivity index (χ4v) is 2.57. The van der Waals surface area contributed by atoms with E-state index in [1.165, 1.54) is 25.7 Å². The van der Waals surface area contributed by atoms with Crippen LogP contribution in [0.3, 0.4) is 0 Å². The molecule has 0 radical (unpaired) electrons. The van der Waals surface area contributed by atoms with Crippen LogP contribution in [0.25, 0.3) is 0 Å². The van der Waals surface area contributed by atoms with Crippen molar-refractivity contribution in [2.75, 3.05) is 6.54 Å². The van der Waals surface area contributed by atoms with Crippen LogP contribution >= 0.6 is 0 Å². The molecule has 3 rings (SSSR count). The molecule has 2 saturated carbocycles. The molecule has 1 N–H and O–H groups in total. The first-order chi connectivity index (χ1) is 7.74. The topological polar surface area (TPSA) is 42.7 Å². The number of aryl methyl sites for hydroxylation is 2. The summed E-state index contributed by atoms with van der Waals surface area (Å²) in [7, 11) is 0. The van der Waals surface area contributed by atoms with Gasteiger partial charge in [0.1, 0.15) is 11.6 Å². The molecule has 1 aromatic rings. The van der Waals surface area contributed by atoms with Crippen LogP contribution in [0.15, 0.2) is 0 Å². The fourth-order valence-electron chi connectivity index (χ4n) is 2.57. The summed E-state index contributed by atoms with van der Waals surface area (Å²) in [4.78, 5) is 4.39. The molecule has 0 spiro atoms. The first-order valence-corrected chi connectivity index (χ1v) is 6.37. The van der Waals surface area contributed by atoms with Crippen LogP contribution in [-0.4, -0.2) is 27.4 Å². The van der Waals surface area contributed by atoms with Crippen molar-refractivity contribution in [1.82, 2.24) is 20.1 Å². The Balaban J connectivity index is 1.63. The minimum atomic E-state index is 0.590. The van der Waals surface area contributed by atoms with Crippen molar-refractivity contribution in [3.63, 3.8) is 0 Å². The molecule has 2 aliphatic carbocycles. The maximum atomic E-state index is 4.50. The lowest BCUT2D eigenvalue weighted by atomic mass is 9.79. The molecule has 0 aliphatic heterocycles. The second kappa shape index (κ2) is 3.84. The Labute approximate surface area is 96.4 Å². The number of nitrogens with zero attached hydrogens (tertiary/aromatic N) is 3. The SMILES string of the molecule is Cc1nc(C)n(C2CCC2CNC2CC2)n1. The second-order valence-corrected chi connectivity index (χ2v) is 5.24. The number of hydrogen-bond acceptors (Lipinski definition) is 3. The number of nitrogens with one attached hydrogen (secondary N) is 1. The smallest absolute Gasteiger partial charge is 0.147 e. The molecule has 1 heterocycles. The van der Waals surface area contributed by atoms with E-state index in [-0.39, 0.29) is 0 Å². The first-order valence-electron chi connectivity index (χ1n) is 6.37. The van der Waals surface area contributed by atoms with Crippen molar-refractivity contribution in [1.29, 1.82) is 0 Å². The standard InChI is InChI=1S/C12H20N4/c1-8-14-9(2)16(15-8)12-6-3-10(12)7-13-11-4-5-11/h10-13H,3-7H2,1-2H3. The predicted octanol–water partition coefficient (Wildman–Crippen LogP) is 1.60. The van der Waals surface area contributed by atoms with Gasteiger partial charge in [-0.05, 0) is 45.4 Å². The van der Waals surface area contributed by atoms with E-state index >= 15 is 0 Å². The molecule has 2 atom stereocenters. The van der Waals surface area contributed by atoms with Gasteiger partial charge in [0.25, 0.3) is 0 Å². The van der Waals surface area contributed by atoms with Crippen molar-refractivity contribution >= 4 is 0 Å². The zero-order chi connectivity index (χ0) is 11.1. The molecule has 0 amide bonds. The maximum absolute atomic E-state index is 4.50. The molecule has 0 aromatic carbocycles. The number of aromatic nitrogens is 3. The van der Waals surface area contributed by atoms with Gasteiger partial charge < -0.3 is 5.32 Å². The lowest BCUT2D eigenvalue weighted by molar-refractivity contribution is 0.159. The van der Waals surface area contributed by atoms with Crippen molar-refractivity contribution in [3.8, 4) is 0 Å². The summed E-state index contributed by atoms with van der Waals surface area (Å²) >= 11 is 0. The van der Waals surface area contributed by atoms with Gasteiger partial charge in [0, 0.05) is 12.6 Å². The van der Waals surface area contributed by atoms with Gasteiger partial charge in [-0.1, -0.05) is 0 Å². The van der Waals surface area contributed by atoms with E-state index in [0.717, 1.165) is 30.2 Å². The normalized spacial score (nSPS) is 29.1. The van der Waals surface area contributed by atoms with E-state index in [1.807, 2.05) is 6.92 Å². The third kappa shape index (κ3) is 1.86. The van der Waals surface area contributed by atoms with Crippen LogP contribution in [0.4, 0.5) is 0 Å². The minimum absolute atomic E-state index is 0.590. The molecule has 16 heavy (non-hydrogen) atoms. The van der Waals surface area contributed by atoms with E-state index in [1.54, 1.807) is 0 Å². The van der Waals surface area contributed by atoms with Crippen molar-refractivity contribution < 1.29 is 0 Å². The molecule has 2 unspecified atom stereocenters. The Bertz CT molecular complexity index is 380. The highest BCUT2D eigenvalue weighted by Crippen LogP contribution is 2.38. The molecule has 2 fully saturated rings. The number of hydrogen-bond donors (Lipinski definition) is 1. The molecule has 2 aliphatic rings. The molecule has 4 heteroatoms. The third-order valence-electron chi connectivity index (χ3n) is 3.85. The van der Waals surface area contributed by atoms with Crippen molar-refractivity contribution in [3.05, 3.63) is 11.6 Å². The Morgan fingerprint density at radius 2 is 2.06 bits per heavy atom. The van der Waals surface area contributed by atoms with Crippen LogP contribution in [-0.2, 0) is 0 Å². The Hall–Kier alpha value is -0.900. The molecule has 4 nitrogen and oxygen atoms in total.